The predicted molar refractivity (Wildman–Crippen MR) is 123 cm³/mol. The van der Waals surface area contributed by atoms with Gasteiger partial charge in [-0.15, -0.1) is 0 Å². The average Bonchev–Trinajstić information content (AvgIpc) is 3.05. The lowest BCUT2D eigenvalue weighted by Gasteiger charge is -2.61. The Morgan fingerprint density at radius 2 is 1.90 bits per heavy atom. The Morgan fingerprint density at radius 3 is 2.66 bits per heavy atom. The highest BCUT2D eigenvalue weighted by Crippen LogP contribution is 2.67. The number of hydrogen-bond donors (Lipinski definition) is 1. The topological polar surface area (TPSA) is 20.2 Å². The van der Waals surface area contributed by atoms with Crippen molar-refractivity contribution in [2.24, 2.45) is 46.3 Å². The van der Waals surface area contributed by atoms with E-state index in [0.29, 0.717) is 10.8 Å². The zero-order valence-corrected chi connectivity index (χ0v) is 19.8. The van der Waals surface area contributed by atoms with Gasteiger partial charge in [0, 0.05) is 0 Å². The van der Waals surface area contributed by atoms with Crippen LogP contribution >= 0.6 is 0 Å². The van der Waals surface area contributed by atoms with Crippen LogP contribution in [0.2, 0.25) is 0 Å². The highest BCUT2D eigenvalue weighted by molar-refractivity contribution is 5.25. The lowest BCUT2D eigenvalue weighted by molar-refractivity contribution is -0.0451. The molecule has 0 spiro atoms. The molecule has 3 saturated carbocycles. The van der Waals surface area contributed by atoms with Gasteiger partial charge in [-0.25, -0.2) is 0 Å². The van der Waals surface area contributed by atoms with Crippen molar-refractivity contribution in [2.45, 2.75) is 111 Å². The highest BCUT2D eigenvalue weighted by Gasteiger charge is 2.56. The van der Waals surface area contributed by atoms with E-state index in [1.54, 1.807) is 5.57 Å². The molecule has 1 heteroatoms. The van der Waals surface area contributed by atoms with Crippen LogP contribution in [0.4, 0.5) is 0 Å². The summed E-state index contributed by atoms with van der Waals surface area (Å²) in [5, 5.41) is 10.2. The summed E-state index contributed by atoms with van der Waals surface area (Å²) >= 11 is 0. The number of fused-ring (bicyclic) bond motifs is 5. The molecule has 0 aromatic heterocycles. The molecule has 4 aliphatic rings. The second-order valence-corrected chi connectivity index (χ2v) is 12.0. The van der Waals surface area contributed by atoms with Gasteiger partial charge in [-0.3, -0.25) is 0 Å². The van der Waals surface area contributed by atoms with Crippen LogP contribution in [0.5, 0.6) is 0 Å². The largest absolute Gasteiger partial charge is 0.393 e. The van der Waals surface area contributed by atoms with Gasteiger partial charge in [0.15, 0.2) is 0 Å². The minimum atomic E-state index is -0.0893. The van der Waals surface area contributed by atoms with Crippen LogP contribution in [0.25, 0.3) is 0 Å². The third-order valence-electron chi connectivity index (χ3n) is 10.6. The molecule has 0 radical (unpaired) electrons. The summed E-state index contributed by atoms with van der Waals surface area (Å²) in [7, 11) is 0. The Balaban J connectivity index is 1.46. The molecule has 0 aromatic rings. The quantitative estimate of drug-likeness (QED) is 0.360. The first-order valence-corrected chi connectivity index (χ1v) is 13.0. The fourth-order valence-corrected chi connectivity index (χ4v) is 8.54. The van der Waals surface area contributed by atoms with Crippen LogP contribution in [-0.4, -0.2) is 11.2 Å². The summed E-state index contributed by atoms with van der Waals surface area (Å²) < 4.78 is 0. The van der Waals surface area contributed by atoms with E-state index in [2.05, 4.69) is 33.8 Å². The molecule has 0 heterocycles. The van der Waals surface area contributed by atoms with Gasteiger partial charge in [-0.1, -0.05) is 103 Å². The van der Waals surface area contributed by atoms with Crippen LogP contribution in [0.1, 0.15) is 105 Å². The molecule has 1 nitrogen and oxygen atoms in total. The summed E-state index contributed by atoms with van der Waals surface area (Å²) in [6.45, 7) is 14.9. The van der Waals surface area contributed by atoms with Crippen molar-refractivity contribution >= 4 is 0 Å². The Labute approximate surface area is 181 Å². The average molecular weight is 400 g/mol. The number of rotatable bonds is 6. The molecular weight excluding hydrogens is 352 g/mol. The van der Waals surface area contributed by atoms with Crippen LogP contribution in [-0.2, 0) is 0 Å². The molecule has 0 saturated heterocycles. The minimum absolute atomic E-state index is 0.0893. The SMILES string of the molecule is [CH2-]C12CCC3C(CC=C4CC(O)CCC43C)C1CCC2C(C)CCCC(C)CC. The van der Waals surface area contributed by atoms with E-state index in [1.165, 1.54) is 64.2 Å². The molecule has 0 amide bonds. The van der Waals surface area contributed by atoms with E-state index in [0.717, 1.165) is 48.3 Å². The van der Waals surface area contributed by atoms with Gasteiger partial charge in [0.05, 0.1) is 6.10 Å². The molecular formula is C28H47O-. The van der Waals surface area contributed by atoms with Crippen molar-refractivity contribution < 1.29 is 5.11 Å². The second kappa shape index (κ2) is 8.33. The lowest BCUT2D eigenvalue weighted by Crippen LogP contribution is -2.51. The monoisotopic (exact) mass is 399 g/mol. The number of aliphatic hydroxyl groups is 1. The first-order chi connectivity index (χ1) is 13.8. The molecule has 166 valence electrons. The van der Waals surface area contributed by atoms with E-state index < -0.39 is 0 Å². The highest BCUT2D eigenvalue weighted by atomic mass is 16.3. The first kappa shape index (κ1) is 21.9. The Bertz CT molecular complexity index is 607. The van der Waals surface area contributed by atoms with E-state index in [4.69, 9.17) is 6.92 Å². The third-order valence-corrected chi connectivity index (χ3v) is 10.6. The summed E-state index contributed by atoms with van der Waals surface area (Å²) in [6.07, 6.45) is 18.0. The molecule has 1 N–H and O–H groups in total. The fourth-order valence-electron chi connectivity index (χ4n) is 8.54. The standard InChI is InChI=1S/C28H47O/c1-6-19(2)8-7-9-20(3)24-12-13-25-23-11-10-21-18-22(29)14-16-27(21,4)26(23)15-17-28(24,25)5/h10,19-20,22-26,29H,5-9,11-18H2,1-4H3/q-1. The van der Waals surface area contributed by atoms with Crippen molar-refractivity contribution in [2.75, 3.05) is 0 Å². The second-order valence-electron chi connectivity index (χ2n) is 12.0. The van der Waals surface area contributed by atoms with E-state index >= 15 is 0 Å². The molecule has 0 aliphatic heterocycles. The molecule has 4 rings (SSSR count). The maximum atomic E-state index is 10.2. The Morgan fingerprint density at radius 1 is 1.10 bits per heavy atom. The molecule has 3 fully saturated rings. The molecule has 9 unspecified atom stereocenters. The molecule has 0 bridgehead atoms. The number of aliphatic hydroxyl groups excluding tert-OH is 1. The smallest absolute Gasteiger partial charge is 0.0577 e. The van der Waals surface area contributed by atoms with Crippen LogP contribution in [0.3, 0.4) is 0 Å². The van der Waals surface area contributed by atoms with Gasteiger partial charge < -0.3 is 12.0 Å². The van der Waals surface area contributed by atoms with Crippen LogP contribution < -0.4 is 0 Å². The van der Waals surface area contributed by atoms with Gasteiger partial charge >= 0.3 is 0 Å². The predicted octanol–water partition coefficient (Wildman–Crippen LogP) is 7.59. The van der Waals surface area contributed by atoms with Crippen molar-refractivity contribution in [3.05, 3.63) is 18.6 Å². The van der Waals surface area contributed by atoms with E-state index in [9.17, 15) is 5.11 Å². The first-order valence-electron chi connectivity index (χ1n) is 13.0. The van der Waals surface area contributed by atoms with Crippen LogP contribution in [0.15, 0.2) is 11.6 Å². The van der Waals surface area contributed by atoms with Crippen LogP contribution in [0, 0.1) is 53.3 Å². The van der Waals surface area contributed by atoms with Gasteiger partial charge in [-0.05, 0) is 54.8 Å². The van der Waals surface area contributed by atoms with Gasteiger partial charge in [-0.2, -0.15) is 5.41 Å². The number of allylic oxidation sites excluding steroid dienone is 1. The van der Waals surface area contributed by atoms with E-state index in [1.807, 2.05) is 0 Å². The van der Waals surface area contributed by atoms with Gasteiger partial charge in [0.2, 0.25) is 0 Å². The normalized spacial score (nSPS) is 46.3. The molecule has 0 aromatic carbocycles. The van der Waals surface area contributed by atoms with Crippen molar-refractivity contribution in [1.29, 1.82) is 0 Å². The van der Waals surface area contributed by atoms with Gasteiger partial charge in [0.25, 0.3) is 0 Å². The van der Waals surface area contributed by atoms with Crippen molar-refractivity contribution in [1.82, 2.24) is 0 Å². The third kappa shape index (κ3) is 3.77. The van der Waals surface area contributed by atoms with E-state index in [-0.39, 0.29) is 6.10 Å². The summed E-state index contributed by atoms with van der Waals surface area (Å²) in [5.41, 5.74) is 2.30. The Kier molecular flexibility index (Phi) is 6.29. The van der Waals surface area contributed by atoms with Crippen molar-refractivity contribution in [3.63, 3.8) is 0 Å². The molecule has 4 aliphatic carbocycles. The van der Waals surface area contributed by atoms with Gasteiger partial charge in [0.1, 0.15) is 0 Å². The molecule has 9 atom stereocenters. The maximum Gasteiger partial charge on any atom is 0.0577 e. The summed E-state index contributed by atoms with van der Waals surface area (Å²) in [4.78, 5) is 0. The Hall–Kier alpha value is -0.300. The minimum Gasteiger partial charge on any atom is -0.393 e. The number of hydrogen-bond acceptors (Lipinski definition) is 1. The zero-order valence-electron chi connectivity index (χ0n) is 19.8. The zero-order chi connectivity index (χ0) is 20.8. The lowest BCUT2D eigenvalue weighted by atomic mass is 9.47. The fraction of sp³-hybridized carbons (Fsp3) is 0.893. The maximum absolute atomic E-state index is 10.2. The summed E-state index contributed by atoms with van der Waals surface area (Å²) in [5.74, 6) is 5.10. The summed E-state index contributed by atoms with van der Waals surface area (Å²) in [6, 6.07) is 0. The molecule has 29 heavy (non-hydrogen) atoms. The van der Waals surface area contributed by atoms with Crippen molar-refractivity contribution in [3.8, 4) is 0 Å².